The number of imidazole rings is 1. The maximum Gasteiger partial charge on any atom is 0.242 e. The molecule has 1 aromatic heterocycles. The molecule has 0 saturated carbocycles. The first-order valence-corrected chi connectivity index (χ1v) is 15.6. The van der Waals surface area contributed by atoms with Crippen molar-refractivity contribution >= 4 is 26.0 Å². The fraction of sp³-hybridized carbons (Fsp3) is 0.214. The van der Waals surface area contributed by atoms with Crippen molar-refractivity contribution in [3.8, 4) is 5.75 Å². The lowest BCUT2D eigenvalue weighted by Crippen LogP contribution is -2.31. The third-order valence-electron chi connectivity index (χ3n) is 6.75. The van der Waals surface area contributed by atoms with Crippen molar-refractivity contribution in [3.05, 3.63) is 113 Å². The minimum absolute atomic E-state index is 0.144. The number of halogens is 1. The number of methoxy groups -OCH3 is 1. The predicted octanol–water partition coefficient (Wildman–Crippen LogP) is 3.30. The van der Waals surface area contributed by atoms with Crippen LogP contribution in [0.15, 0.2) is 83.9 Å². The number of H-pyrrole nitrogens is 1. The van der Waals surface area contributed by atoms with Crippen molar-refractivity contribution in [1.29, 1.82) is 0 Å². The number of aromatic nitrogens is 2. The number of amides is 1. The SMILES string of the molecule is COc1ccccc1Cc1cnc(C(Cc2ccc(C3CC(=O)NS3(=O)=O)cc2)NS(=O)(=O)c2cccc(F)c2)[nH]1. The van der Waals surface area contributed by atoms with E-state index in [0.29, 0.717) is 29.1 Å². The molecule has 1 aliphatic rings. The van der Waals surface area contributed by atoms with Gasteiger partial charge in [-0.15, -0.1) is 0 Å². The van der Waals surface area contributed by atoms with Gasteiger partial charge in [0.25, 0.3) is 0 Å². The van der Waals surface area contributed by atoms with Gasteiger partial charge < -0.3 is 9.72 Å². The third kappa shape index (κ3) is 6.47. The van der Waals surface area contributed by atoms with E-state index < -0.39 is 43.1 Å². The molecule has 2 heterocycles. The Morgan fingerprint density at radius 3 is 2.54 bits per heavy atom. The van der Waals surface area contributed by atoms with Crippen LogP contribution >= 0.6 is 0 Å². The second-order valence-electron chi connectivity index (χ2n) is 9.62. The summed E-state index contributed by atoms with van der Waals surface area (Å²) in [6.45, 7) is 0. The average molecular weight is 599 g/mol. The average Bonchev–Trinajstić information content (AvgIpc) is 3.51. The lowest BCUT2D eigenvalue weighted by atomic mass is 10.0. The third-order valence-corrected chi connectivity index (χ3v) is 9.92. The van der Waals surface area contributed by atoms with E-state index in [-0.39, 0.29) is 17.7 Å². The second kappa shape index (κ2) is 11.4. The highest BCUT2D eigenvalue weighted by Gasteiger charge is 2.37. The highest BCUT2D eigenvalue weighted by molar-refractivity contribution is 7.90. The van der Waals surface area contributed by atoms with Crippen molar-refractivity contribution in [2.45, 2.75) is 35.4 Å². The molecule has 5 rings (SSSR count). The van der Waals surface area contributed by atoms with Crippen molar-refractivity contribution in [1.82, 2.24) is 19.4 Å². The molecule has 214 valence electrons. The monoisotopic (exact) mass is 598 g/mol. The largest absolute Gasteiger partial charge is 0.496 e. The van der Waals surface area contributed by atoms with Gasteiger partial charge in [0.1, 0.15) is 22.6 Å². The maximum atomic E-state index is 13.8. The Balaban J connectivity index is 1.43. The number of para-hydroxylation sites is 1. The Labute approximate surface area is 237 Å². The van der Waals surface area contributed by atoms with E-state index in [1.54, 1.807) is 37.6 Å². The highest BCUT2D eigenvalue weighted by atomic mass is 32.2. The first-order chi connectivity index (χ1) is 19.5. The van der Waals surface area contributed by atoms with E-state index in [1.165, 1.54) is 12.1 Å². The van der Waals surface area contributed by atoms with Gasteiger partial charge in [-0.1, -0.05) is 48.5 Å². The van der Waals surface area contributed by atoms with Gasteiger partial charge in [-0.2, -0.15) is 0 Å². The molecule has 1 amide bonds. The zero-order valence-electron chi connectivity index (χ0n) is 21.9. The van der Waals surface area contributed by atoms with Crippen LogP contribution in [0.1, 0.15) is 45.9 Å². The molecule has 1 aliphatic heterocycles. The summed E-state index contributed by atoms with van der Waals surface area (Å²) in [6.07, 6.45) is 2.05. The molecule has 41 heavy (non-hydrogen) atoms. The molecule has 4 aromatic rings. The summed E-state index contributed by atoms with van der Waals surface area (Å²) in [4.78, 5) is 19.0. The van der Waals surface area contributed by atoms with Gasteiger partial charge in [-0.05, 0) is 41.8 Å². The Kier molecular flexibility index (Phi) is 7.93. The first-order valence-electron chi connectivity index (χ1n) is 12.6. The molecule has 0 radical (unpaired) electrons. The van der Waals surface area contributed by atoms with Crippen LogP contribution in [0.5, 0.6) is 5.75 Å². The van der Waals surface area contributed by atoms with Gasteiger partial charge in [0, 0.05) is 23.9 Å². The van der Waals surface area contributed by atoms with Gasteiger partial charge in [-0.25, -0.2) is 30.9 Å². The van der Waals surface area contributed by atoms with Gasteiger partial charge in [0.15, 0.2) is 0 Å². The van der Waals surface area contributed by atoms with E-state index in [9.17, 15) is 26.0 Å². The van der Waals surface area contributed by atoms with E-state index >= 15 is 0 Å². The normalized spacial score (nSPS) is 17.2. The Bertz CT molecular complexity index is 1790. The fourth-order valence-corrected chi connectivity index (χ4v) is 7.39. The zero-order valence-corrected chi connectivity index (χ0v) is 23.5. The fourth-order valence-electron chi connectivity index (χ4n) is 4.73. The van der Waals surface area contributed by atoms with Crippen LogP contribution in [-0.4, -0.2) is 39.8 Å². The van der Waals surface area contributed by atoms with E-state index in [1.807, 2.05) is 29.0 Å². The summed E-state index contributed by atoms with van der Waals surface area (Å²) < 4.78 is 74.8. The van der Waals surface area contributed by atoms with Crippen LogP contribution in [0.3, 0.4) is 0 Å². The van der Waals surface area contributed by atoms with Crippen molar-refractivity contribution < 1.29 is 30.8 Å². The van der Waals surface area contributed by atoms with Crippen LogP contribution in [0.2, 0.25) is 0 Å². The Morgan fingerprint density at radius 1 is 1.10 bits per heavy atom. The minimum atomic E-state index is -4.15. The summed E-state index contributed by atoms with van der Waals surface area (Å²) in [6, 6.07) is 17.9. The molecule has 2 unspecified atom stereocenters. The maximum absolute atomic E-state index is 13.8. The molecular weight excluding hydrogens is 571 g/mol. The van der Waals surface area contributed by atoms with Gasteiger partial charge in [0.2, 0.25) is 26.0 Å². The Morgan fingerprint density at radius 2 is 1.85 bits per heavy atom. The molecule has 10 nitrogen and oxygen atoms in total. The minimum Gasteiger partial charge on any atom is -0.496 e. The second-order valence-corrected chi connectivity index (χ2v) is 13.2. The van der Waals surface area contributed by atoms with Crippen LogP contribution in [-0.2, 0) is 37.7 Å². The lowest BCUT2D eigenvalue weighted by molar-refractivity contribution is -0.118. The highest BCUT2D eigenvalue weighted by Crippen LogP contribution is 2.31. The molecule has 3 aromatic carbocycles. The summed E-state index contributed by atoms with van der Waals surface area (Å²) in [5.41, 5.74) is 2.75. The van der Waals surface area contributed by atoms with E-state index in [0.717, 1.165) is 23.4 Å². The van der Waals surface area contributed by atoms with Crippen molar-refractivity contribution in [2.75, 3.05) is 7.11 Å². The number of ether oxygens (including phenoxy) is 1. The number of carbonyl (C=O) groups excluding carboxylic acids is 1. The lowest BCUT2D eigenvalue weighted by Gasteiger charge is -2.18. The number of carbonyl (C=O) groups is 1. The quantitative estimate of drug-likeness (QED) is 0.254. The van der Waals surface area contributed by atoms with Gasteiger partial charge >= 0.3 is 0 Å². The van der Waals surface area contributed by atoms with Crippen molar-refractivity contribution in [3.63, 3.8) is 0 Å². The molecule has 1 fully saturated rings. The molecule has 0 aliphatic carbocycles. The summed E-state index contributed by atoms with van der Waals surface area (Å²) in [5, 5.41) is -0.992. The number of rotatable bonds is 10. The summed E-state index contributed by atoms with van der Waals surface area (Å²) in [7, 11) is -6.37. The molecule has 0 spiro atoms. The molecule has 2 atom stereocenters. The van der Waals surface area contributed by atoms with Gasteiger partial charge in [-0.3, -0.25) is 9.52 Å². The zero-order chi connectivity index (χ0) is 29.2. The van der Waals surface area contributed by atoms with E-state index in [4.69, 9.17) is 4.74 Å². The molecule has 0 bridgehead atoms. The molecule has 1 saturated heterocycles. The van der Waals surface area contributed by atoms with Gasteiger partial charge in [0.05, 0.1) is 24.5 Å². The molecule has 13 heteroatoms. The van der Waals surface area contributed by atoms with Crippen LogP contribution in [0.4, 0.5) is 4.39 Å². The van der Waals surface area contributed by atoms with Crippen LogP contribution < -0.4 is 14.2 Å². The smallest absolute Gasteiger partial charge is 0.242 e. The predicted molar refractivity (Wildman–Crippen MR) is 148 cm³/mol. The number of hydrogen-bond donors (Lipinski definition) is 3. The summed E-state index contributed by atoms with van der Waals surface area (Å²) >= 11 is 0. The van der Waals surface area contributed by atoms with Crippen molar-refractivity contribution in [2.24, 2.45) is 0 Å². The summed E-state index contributed by atoms with van der Waals surface area (Å²) in [5.74, 6) is -0.208. The number of hydrogen-bond acceptors (Lipinski definition) is 7. The number of aromatic amines is 1. The molecular formula is C28H27FN4O6S2. The number of benzene rings is 3. The van der Waals surface area contributed by atoms with Crippen LogP contribution in [0.25, 0.3) is 0 Å². The van der Waals surface area contributed by atoms with E-state index in [2.05, 4.69) is 14.7 Å². The Hall–Kier alpha value is -4.07. The number of nitrogens with zero attached hydrogens (tertiary/aromatic N) is 1. The number of sulfonamides is 2. The standard InChI is InChI=1S/C28H27FN4O6S2/c1-39-25-8-3-2-5-20(25)14-22-17-30-28(31-22)24(32-40(35,36)23-7-4-6-21(29)15-23)13-18-9-11-19(12-10-18)26-16-27(34)33-41(26,37)38/h2-12,15,17,24,26,32H,13-14,16H2,1H3,(H,30,31)(H,33,34). The first kappa shape index (κ1) is 28.5. The molecule has 3 N–H and O–H groups in total. The topological polar surface area (TPSA) is 147 Å². The van der Waals surface area contributed by atoms with Crippen LogP contribution in [0, 0.1) is 5.82 Å². The number of nitrogens with one attached hydrogen (secondary N) is 3.